The van der Waals surface area contributed by atoms with E-state index in [1.165, 1.54) is 0 Å². The van der Waals surface area contributed by atoms with E-state index in [2.05, 4.69) is 0 Å². The normalized spacial score (nSPS) is 26.8. The molecule has 0 aromatic heterocycles. The summed E-state index contributed by atoms with van der Waals surface area (Å²) in [6.45, 7) is 5.14. The summed E-state index contributed by atoms with van der Waals surface area (Å²) in [6, 6.07) is 0. The number of rotatable bonds is 3. The molecule has 0 radical (unpaired) electrons. The molecule has 0 heterocycles. The number of carboxylic acid groups (broad SMARTS) is 1. The Morgan fingerprint density at radius 2 is 1.65 bits per heavy atom. The maximum absolute atomic E-state index is 12.0. The lowest BCUT2D eigenvalue weighted by Gasteiger charge is -2.28. The summed E-state index contributed by atoms with van der Waals surface area (Å²) in [7, 11) is -3.08. The van der Waals surface area contributed by atoms with E-state index in [0.29, 0.717) is 25.7 Å². The third-order valence-electron chi connectivity index (χ3n) is 3.58. The van der Waals surface area contributed by atoms with Gasteiger partial charge in [-0.3, -0.25) is 4.79 Å². The molecule has 0 aliphatic heterocycles. The summed E-state index contributed by atoms with van der Waals surface area (Å²) in [5.41, 5.74) is 0. The number of sulfone groups is 1. The highest BCUT2D eigenvalue weighted by atomic mass is 32.2. The fraction of sp³-hybridized carbons (Fsp3) is 0.917. The Balaban J connectivity index is 2.55. The summed E-state index contributed by atoms with van der Waals surface area (Å²) >= 11 is 0. The smallest absolute Gasteiger partial charge is 0.306 e. The summed E-state index contributed by atoms with van der Waals surface area (Å²) in [5, 5.41) is 8.87. The van der Waals surface area contributed by atoms with Crippen LogP contribution in [0, 0.1) is 11.8 Å². The van der Waals surface area contributed by atoms with E-state index >= 15 is 0 Å². The molecule has 1 saturated carbocycles. The topological polar surface area (TPSA) is 71.4 Å². The lowest BCUT2D eigenvalue weighted by molar-refractivity contribution is -0.143. The van der Waals surface area contributed by atoms with Crippen molar-refractivity contribution in [2.75, 3.05) is 5.75 Å². The van der Waals surface area contributed by atoms with Gasteiger partial charge in [-0.2, -0.15) is 0 Å². The van der Waals surface area contributed by atoms with E-state index in [-0.39, 0.29) is 17.6 Å². The molecule has 0 aromatic carbocycles. The first-order chi connectivity index (χ1) is 7.63. The van der Waals surface area contributed by atoms with Crippen LogP contribution in [0.5, 0.6) is 0 Å². The molecule has 0 unspecified atom stereocenters. The van der Waals surface area contributed by atoms with Crippen molar-refractivity contribution in [2.45, 2.75) is 51.2 Å². The van der Waals surface area contributed by atoms with E-state index < -0.39 is 20.6 Å². The molecule has 1 aliphatic rings. The van der Waals surface area contributed by atoms with Crippen molar-refractivity contribution in [1.29, 1.82) is 0 Å². The average molecular weight is 262 g/mol. The first-order valence-electron chi connectivity index (χ1n) is 6.08. The number of carbonyl (C=O) groups is 1. The van der Waals surface area contributed by atoms with E-state index in [1.54, 1.807) is 20.8 Å². The van der Waals surface area contributed by atoms with Crippen LogP contribution in [0.15, 0.2) is 0 Å². The van der Waals surface area contributed by atoms with Crippen molar-refractivity contribution < 1.29 is 18.3 Å². The monoisotopic (exact) mass is 262 g/mol. The third-order valence-corrected chi connectivity index (χ3v) is 6.36. The lowest BCUT2D eigenvalue weighted by Crippen LogP contribution is -2.35. The number of aliphatic carboxylic acids is 1. The minimum absolute atomic E-state index is 0.134. The fourth-order valence-corrected chi connectivity index (χ4v) is 3.59. The molecule has 1 fully saturated rings. The van der Waals surface area contributed by atoms with Crippen molar-refractivity contribution in [1.82, 2.24) is 0 Å². The largest absolute Gasteiger partial charge is 0.481 e. The molecule has 0 amide bonds. The molecular weight excluding hydrogens is 240 g/mol. The maximum atomic E-state index is 12.0. The average Bonchev–Trinajstić information content (AvgIpc) is 2.16. The molecule has 0 atom stereocenters. The number of hydrogen-bond acceptors (Lipinski definition) is 3. The van der Waals surface area contributed by atoms with Gasteiger partial charge in [0.25, 0.3) is 0 Å². The van der Waals surface area contributed by atoms with Gasteiger partial charge in [0.1, 0.15) is 0 Å². The van der Waals surface area contributed by atoms with Gasteiger partial charge in [0.2, 0.25) is 0 Å². The van der Waals surface area contributed by atoms with Crippen molar-refractivity contribution >= 4 is 15.8 Å². The zero-order valence-electron chi connectivity index (χ0n) is 10.8. The zero-order chi connectivity index (χ0) is 13.3. The van der Waals surface area contributed by atoms with E-state index in [0.717, 1.165) is 0 Å². The SMILES string of the molecule is CC(C)(C)S(=O)(=O)CC1CCC(C(=O)O)CC1. The highest BCUT2D eigenvalue weighted by molar-refractivity contribution is 7.92. The minimum atomic E-state index is -3.08. The molecule has 1 aliphatic carbocycles. The van der Waals surface area contributed by atoms with Crippen LogP contribution < -0.4 is 0 Å². The quantitative estimate of drug-likeness (QED) is 0.845. The molecule has 0 aromatic rings. The van der Waals surface area contributed by atoms with Crippen LogP contribution in [0.3, 0.4) is 0 Å². The first kappa shape index (κ1) is 14.5. The number of hydrogen-bond donors (Lipinski definition) is 1. The predicted octanol–water partition coefficient (Wildman–Crippen LogP) is 2.09. The Kier molecular flexibility index (Phi) is 4.23. The predicted molar refractivity (Wildman–Crippen MR) is 66.6 cm³/mol. The molecule has 0 spiro atoms. The Morgan fingerprint density at radius 3 is 2.00 bits per heavy atom. The molecule has 1 rings (SSSR count). The zero-order valence-corrected chi connectivity index (χ0v) is 11.6. The highest BCUT2D eigenvalue weighted by Crippen LogP contribution is 2.31. The number of carboxylic acids is 1. The maximum Gasteiger partial charge on any atom is 0.306 e. The first-order valence-corrected chi connectivity index (χ1v) is 7.74. The van der Waals surface area contributed by atoms with Crippen molar-refractivity contribution in [3.8, 4) is 0 Å². The second-order valence-corrected chi connectivity index (χ2v) is 8.74. The third kappa shape index (κ3) is 3.69. The van der Waals surface area contributed by atoms with Crippen molar-refractivity contribution in [2.24, 2.45) is 11.8 Å². The molecular formula is C12H22O4S. The van der Waals surface area contributed by atoms with Gasteiger partial charge in [0.15, 0.2) is 9.84 Å². The molecule has 4 nitrogen and oxygen atoms in total. The van der Waals surface area contributed by atoms with Gasteiger partial charge >= 0.3 is 5.97 Å². The van der Waals surface area contributed by atoms with Gasteiger partial charge in [-0.05, 0) is 52.4 Å². The standard InChI is InChI=1S/C12H22O4S/c1-12(2,3)17(15,16)8-9-4-6-10(7-5-9)11(13)14/h9-10H,4-8H2,1-3H3,(H,13,14). The van der Waals surface area contributed by atoms with Gasteiger partial charge in [0.05, 0.1) is 16.4 Å². The van der Waals surface area contributed by atoms with Crippen LogP contribution in [0.1, 0.15) is 46.5 Å². The van der Waals surface area contributed by atoms with Gasteiger partial charge in [-0.25, -0.2) is 8.42 Å². The Morgan fingerprint density at radius 1 is 1.18 bits per heavy atom. The Hall–Kier alpha value is -0.580. The van der Waals surface area contributed by atoms with E-state index in [1.807, 2.05) is 0 Å². The molecule has 0 bridgehead atoms. The van der Waals surface area contributed by atoms with E-state index in [4.69, 9.17) is 5.11 Å². The fourth-order valence-electron chi connectivity index (χ4n) is 2.14. The van der Waals surface area contributed by atoms with Crippen LogP contribution in [0.2, 0.25) is 0 Å². The van der Waals surface area contributed by atoms with Gasteiger partial charge < -0.3 is 5.11 Å². The molecule has 100 valence electrons. The second kappa shape index (κ2) is 4.96. The lowest BCUT2D eigenvalue weighted by atomic mass is 9.83. The van der Waals surface area contributed by atoms with Crippen LogP contribution >= 0.6 is 0 Å². The Bertz CT molecular complexity index is 370. The van der Waals surface area contributed by atoms with Crippen LogP contribution in [0.4, 0.5) is 0 Å². The van der Waals surface area contributed by atoms with Gasteiger partial charge in [-0.15, -0.1) is 0 Å². The summed E-state index contributed by atoms with van der Waals surface area (Å²) in [4.78, 5) is 10.8. The second-order valence-electron chi connectivity index (χ2n) is 5.95. The van der Waals surface area contributed by atoms with Gasteiger partial charge in [0, 0.05) is 0 Å². The van der Waals surface area contributed by atoms with Gasteiger partial charge in [-0.1, -0.05) is 0 Å². The van der Waals surface area contributed by atoms with Crippen molar-refractivity contribution in [3.63, 3.8) is 0 Å². The highest BCUT2D eigenvalue weighted by Gasteiger charge is 2.34. The molecule has 17 heavy (non-hydrogen) atoms. The van der Waals surface area contributed by atoms with Crippen LogP contribution in [-0.2, 0) is 14.6 Å². The van der Waals surface area contributed by atoms with Crippen LogP contribution in [-0.4, -0.2) is 30.0 Å². The van der Waals surface area contributed by atoms with E-state index in [9.17, 15) is 13.2 Å². The molecule has 5 heteroatoms. The summed E-state index contributed by atoms with van der Waals surface area (Å²) < 4.78 is 23.3. The molecule has 1 N–H and O–H groups in total. The summed E-state index contributed by atoms with van der Waals surface area (Å²) in [6.07, 6.45) is 2.65. The molecule has 0 saturated heterocycles. The summed E-state index contributed by atoms with van der Waals surface area (Å²) in [5.74, 6) is -0.691. The minimum Gasteiger partial charge on any atom is -0.481 e. The van der Waals surface area contributed by atoms with Crippen molar-refractivity contribution in [3.05, 3.63) is 0 Å². The Labute approximate surface area is 103 Å². The van der Waals surface area contributed by atoms with Crippen LogP contribution in [0.25, 0.3) is 0 Å².